The zero-order valence-corrected chi connectivity index (χ0v) is 15.4. The minimum atomic E-state index is -0.693. The van der Waals surface area contributed by atoms with Crippen molar-refractivity contribution in [2.75, 3.05) is 6.61 Å². The van der Waals surface area contributed by atoms with Crippen LogP contribution in [0.3, 0.4) is 0 Å². The molecule has 0 saturated carbocycles. The monoisotopic (exact) mass is 394 g/mol. The Labute approximate surface area is 165 Å². The van der Waals surface area contributed by atoms with E-state index in [-0.39, 0.29) is 11.4 Å². The molecule has 0 unspecified atom stereocenters. The number of carbonyl (C=O) groups excluding carboxylic acids is 2. The summed E-state index contributed by atoms with van der Waals surface area (Å²) >= 11 is 1.45. The molecule has 1 N–H and O–H groups in total. The summed E-state index contributed by atoms with van der Waals surface area (Å²) < 4.78 is 18.3. The van der Waals surface area contributed by atoms with Gasteiger partial charge in [-0.05, 0) is 47.3 Å². The molecule has 28 heavy (non-hydrogen) atoms. The van der Waals surface area contributed by atoms with E-state index in [1.807, 2.05) is 23.6 Å². The highest BCUT2D eigenvalue weighted by Crippen LogP contribution is 2.26. The van der Waals surface area contributed by atoms with Gasteiger partial charge in [0, 0.05) is 4.88 Å². The Bertz CT molecular complexity index is 1010. The summed E-state index contributed by atoms with van der Waals surface area (Å²) in [7, 11) is 0. The number of hydrogen-bond donors (Lipinski definition) is 1. The van der Waals surface area contributed by atoms with Crippen LogP contribution in [0.15, 0.2) is 66.0 Å². The minimum Gasteiger partial charge on any atom is -0.452 e. The average Bonchev–Trinajstić information content (AvgIpc) is 3.25. The van der Waals surface area contributed by atoms with Crippen LogP contribution in [0.2, 0.25) is 0 Å². The smallest absolute Gasteiger partial charge is 0.338 e. The maximum absolute atomic E-state index is 13.2. The standard InChI is InChI=1S/C21H15FN2O3S/c22-17-8-6-15(7-9-17)20(18-5-2-10-28-18)24-19(25)13-27-21(26)16-4-1-3-14(11-16)12-23/h1-11,20H,13H2,(H,24,25)/t20-/m1/s1. The van der Waals surface area contributed by atoms with Gasteiger partial charge in [-0.15, -0.1) is 11.3 Å². The van der Waals surface area contributed by atoms with Gasteiger partial charge in [0.15, 0.2) is 6.61 Å². The van der Waals surface area contributed by atoms with Crippen LogP contribution in [0.1, 0.15) is 32.4 Å². The molecule has 0 aliphatic carbocycles. The van der Waals surface area contributed by atoms with E-state index < -0.39 is 24.5 Å². The van der Waals surface area contributed by atoms with Gasteiger partial charge < -0.3 is 10.1 Å². The molecule has 1 aromatic heterocycles. The van der Waals surface area contributed by atoms with E-state index in [1.54, 1.807) is 24.3 Å². The Hall–Kier alpha value is -3.50. The summed E-state index contributed by atoms with van der Waals surface area (Å²) in [6.45, 7) is -0.474. The third kappa shape index (κ3) is 4.81. The fraction of sp³-hybridized carbons (Fsp3) is 0.0952. The molecule has 0 saturated heterocycles. The third-order valence-electron chi connectivity index (χ3n) is 3.90. The summed E-state index contributed by atoms with van der Waals surface area (Å²) in [6, 6.07) is 17.0. The first kappa shape index (κ1) is 19.3. The van der Waals surface area contributed by atoms with Crippen molar-refractivity contribution in [2.24, 2.45) is 0 Å². The number of benzene rings is 2. The Morgan fingerprint density at radius 2 is 1.93 bits per heavy atom. The Balaban J connectivity index is 1.66. The van der Waals surface area contributed by atoms with Gasteiger partial charge >= 0.3 is 5.97 Å². The van der Waals surface area contributed by atoms with Crippen molar-refractivity contribution < 1.29 is 18.7 Å². The van der Waals surface area contributed by atoms with E-state index in [1.165, 1.54) is 35.6 Å². The number of esters is 1. The minimum absolute atomic E-state index is 0.195. The number of halogens is 1. The molecule has 0 fully saturated rings. The predicted octanol–water partition coefficient (Wildman–Crippen LogP) is 3.82. The number of carbonyl (C=O) groups is 2. The molecule has 2 aromatic carbocycles. The number of nitrogens with zero attached hydrogens (tertiary/aromatic N) is 1. The summed E-state index contributed by atoms with van der Waals surface area (Å²) in [4.78, 5) is 25.3. The quantitative estimate of drug-likeness (QED) is 0.645. The van der Waals surface area contributed by atoms with E-state index in [9.17, 15) is 14.0 Å². The maximum atomic E-state index is 13.2. The molecule has 0 aliphatic rings. The Morgan fingerprint density at radius 1 is 1.14 bits per heavy atom. The lowest BCUT2D eigenvalue weighted by Gasteiger charge is -2.18. The van der Waals surface area contributed by atoms with Crippen molar-refractivity contribution in [3.05, 3.63) is 93.4 Å². The highest BCUT2D eigenvalue weighted by molar-refractivity contribution is 7.10. The van der Waals surface area contributed by atoms with Crippen molar-refractivity contribution in [2.45, 2.75) is 6.04 Å². The van der Waals surface area contributed by atoms with E-state index >= 15 is 0 Å². The number of thiophene rings is 1. The molecule has 1 atom stereocenters. The van der Waals surface area contributed by atoms with E-state index in [4.69, 9.17) is 10.00 Å². The molecule has 5 nitrogen and oxygen atoms in total. The van der Waals surface area contributed by atoms with Crippen LogP contribution in [-0.2, 0) is 9.53 Å². The van der Waals surface area contributed by atoms with Gasteiger partial charge in [0.1, 0.15) is 5.82 Å². The van der Waals surface area contributed by atoms with E-state index in [0.29, 0.717) is 11.1 Å². The first-order valence-electron chi connectivity index (χ1n) is 8.32. The summed E-state index contributed by atoms with van der Waals surface area (Å²) in [5.41, 5.74) is 1.23. The second-order valence-corrected chi connectivity index (χ2v) is 6.82. The van der Waals surface area contributed by atoms with Crippen LogP contribution in [0.25, 0.3) is 0 Å². The van der Waals surface area contributed by atoms with Gasteiger partial charge in [-0.3, -0.25) is 4.79 Å². The second-order valence-electron chi connectivity index (χ2n) is 5.84. The molecule has 1 amide bonds. The van der Waals surface area contributed by atoms with Crippen LogP contribution in [0, 0.1) is 17.1 Å². The van der Waals surface area contributed by atoms with E-state index in [2.05, 4.69) is 5.32 Å². The fourth-order valence-corrected chi connectivity index (χ4v) is 3.36. The Morgan fingerprint density at radius 3 is 2.61 bits per heavy atom. The first-order valence-corrected chi connectivity index (χ1v) is 9.20. The molecule has 7 heteroatoms. The van der Waals surface area contributed by atoms with Crippen LogP contribution >= 0.6 is 11.3 Å². The lowest BCUT2D eigenvalue weighted by atomic mass is 10.1. The number of rotatable bonds is 6. The number of nitriles is 1. The van der Waals surface area contributed by atoms with Crippen molar-refractivity contribution in [3.8, 4) is 6.07 Å². The molecule has 0 aliphatic heterocycles. The normalized spacial score (nSPS) is 11.3. The first-order chi connectivity index (χ1) is 13.6. The maximum Gasteiger partial charge on any atom is 0.338 e. The molecule has 3 rings (SSSR count). The van der Waals surface area contributed by atoms with Gasteiger partial charge in [-0.25, -0.2) is 9.18 Å². The lowest BCUT2D eigenvalue weighted by Crippen LogP contribution is -2.32. The fourth-order valence-electron chi connectivity index (χ4n) is 2.56. The second kappa shape index (κ2) is 8.93. The number of ether oxygens (including phenoxy) is 1. The van der Waals surface area contributed by atoms with Gasteiger partial charge in [-0.2, -0.15) is 5.26 Å². The molecule has 1 heterocycles. The zero-order chi connectivity index (χ0) is 19.9. The number of hydrogen-bond acceptors (Lipinski definition) is 5. The van der Waals surface area contributed by atoms with Crippen molar-refractivity contribution in [3.63, 3.8) is 0 Å². The molecule has 0 spiro atoms. The zero-order valence-electron chi connectivity index (χ0n) is 14.6. The summed E-state index contributed by atoms with van der Waals surface area (Å²) in [6.07, 6.45) is 0. The topological polar surface area (TPSA) is 79.2 Å². The summed E-state index contributed by atoms with van der Waals surface area (Å²) in [5.74, 6) is -1.55. The molecule has 3 aromatic rings. The van der Waals surface area contributed by atoms with Crippen molar-refractivity contribution in [1.82, 2.24) is 5.32 Å². The molecule has 0 radical (unpaired) electrons. The summed E-state index contributed by atoms with van der Waals surface area (Å²) in [5, 5.41) is 13.6. The molecular weight excluding hydrogens is 379 g/mol. The molecular formula is C21H15FN2O3S. The van der Waals surface area contributed by atoms with Crippen LogP contribution in [-0.4, -0.2) is 18.5 Å². The van der Waals surface area contributed by atoms with Crippen LogP contribution < -0.4 is 5.32 Å². The third-order valence-corrected chi connectivity index (χ3v) is 4.84. The lowest BCUT2D eigenvalue weighted by molar-refractivity contribution is -0.124. The number of nitrogens with one attached hydrogen (secondary N) is 1. The average molecular weight is 394 g/mol. The van der Waals surface area contributed by atoms with Crippen LogP contribution in [0.4, 0.5) is 4.39 Å². The Kier molecular flexibility index (Phi) is 6.14. The van der Waals surface area contributed by atoms with E-state index in [0.717, 1.165) is 4.88 Å². The highest BCUT2D eigenvalue weighted by Gasteiger charge is 2.19. The predicted molar refractivity (Wildman–Crippen MR) is 102 cm³/mol. The van der Waals surface area contributed by atoms with Crippen LogP contribution in [0.5, 0.6) is 0 Å². The van der Waals surface area contributed by atoms with Gasteiger partial charge in [0.05, 0.1) is 23.2 Å². The van der Waals surface area contributed by atoms with Gasteiger partial charge in [0.25, 0.3) is 5.91 Å². The van der Waals surface area contributed by atoms with Crippen molar-refractivity contribution >= 4 is 23.2 Å². The largest absolute Gasteiger partial charge is 0.452 e. The van der Waals surface area contributed by atoms with Gasteiger partial charge in [-0.1, -0.05) is 24.3 Å². The molecule has 0 bridgehead atoms. The highest BCUT2D eigenvalue weighted by atomic mass is 32.1. The van der Waals surface area contributed by atoms with Crippen molar-refractivity contribution in [1.29, 1.82) is 5.26 Å². The van der Waals surface area contributed by atoms with Gasteiger partial charge in [0.2, 0.25) is 0 Å². The SMILES string of the molecule is N#Cc1cccc(C(=O)OCC(=O)N[C@H](c2ccc(F)cc2)c2cccs2)c1. The number of amides is 1. The molecule has 140 valence electrons.